The van der Waals surface area contributed by atoms with Crippen LogP contribution in [0.5, 0.6) is 0 Å². The predicted octanol–water partition coefficient (Wildman–Crippen LogP) is 2.41. The van der Waals surface area contributed by atoms with Gasteiger partial charge in [0.15, 0.2) is 5.96 Å². The molecule has 3 fully saturated rings. The van der Waals surface area contributed by atoms with Crippen LogP contribution in [0.3, 0.4) is 0 Å². The topological polar surface area (TPSA) is 30.9 Å². The van der Waals surface area contributed by atoms with Gasteiger partial charge in [-0.2, -0.15) is 11.8 Å². The van der Waals surface area contributed by atoms with Crippen molar-refractivity contribution in [3.63, 3.8) is 0 Å². The first-order valence-corrected chi connectivity index (χ1v) is 10.3. The molecule has 5 heteroatoms. The van der Waals surface area contributed by atoms with E-state index >= 15 is 0 Å². The van der Waals surface area contributed by atoms with E-state index in [1.165, 1.54) is 82.6 Å². The molecule has 22 heavy (non-hydrogen) atoms. The third-order valence-electron chi connectivity index (χ3n) is 5.66. The summed E-state index contributed by atoms with van der Waals surface area (Å²) in [6.07, 6.45) is 9.57. The number of likely N-dealkylation sites (tertiary alicyclic amines) is 1. The molecule has 4 nitrogen and oxygen atoms in total. The summed E-state index contributed by atoms with van der Waals surface area (Å²) in [4.78, 5) is 9.77. The van der Waals surface area contributed by atoms with Crippen LogP contribution in [-0.4, -0.2) is 72.6 Å². The monoisotopic (exact) mass is 324 g/mol. The predicted molar refractivity (Wildman–Crippen MR) is 96.9 cm³/mol. The van der Waals surface area contributed by atoms with Crippen molar-refractivity contribution in [3.8, 4) is 0 Å². The van der Waals surface area contributed by atoms with Gasteiger partial charge in [0.05, 0.1) is 0 Å². The van der Waals surface area contributed by atoms with E-state index in [0.29, 0.717) is 5.54 Å². The van der Waals surface area contributed by atoms with Crippen LogP contribution in [0.1, 0.15) is 44.9 Å². The minimum atomic E-state index is 0.384. The molecule has 2 aliphatic heterocycles. The molecule has 0 bridgehead atoms. The van der Waals surface area contributed by atoms with E-state index in [1.54, 1.807) is 0 Å². The molecule has 0 unspecified atom stereocenters. The zero-order valence-electron chi connectivity index (χ0n) is 14.1. The summed E-state index contributed by atoms with van der Waals surface area (Å²) in [5.41, 5.74) is 0.384. The molecule has 0 radical (unpaired) electrons. The van der Waals surface area contributed by atoms with Gasteiger partial charge in [-0.25, -0.2) is 0 Å². The lowest BCUT2D eigenvalue weighted by Gasteiger charge is -2.48. The summed E-state index contributed by atoms with van der Waals surface area (Å²) in [5, 5.41) is 3.75. The molecular formula is C17H32N4S. The van der Waals surface area contributed by atoms with Crippen LogP contribution >= 0.6 is 11.8 Å². The highest BCUT2D eigenvalue weighted by atomic mass is 32.2. The molecule has 0 atom stereocenters. The summed E-state index contributed by atoms with van der Waals surface area (Å²) in [6, 6.07) is 0. The van der Waals surface area contributed by atoms with Gasteiger partial charge in [-0.3, -0.25) is 9.89 Å². The van der Waals surface area contributed by atoms with Gasteiger partial charge < -0.3 is 10.2 Å². The lowest BCUT2D eigenvalue weighted by Crippen LogP contribution is -2.60. The van der Waals surface area contributed by atoms with Crippen molar-refractivity contribution in [1.29, 1.82) is 0 Å². The van der Waals surface area contributed by atoms with Crippen LogP contribution in [0.15, 0.2) is 4.99 Å². The van der Waals surface area contributed by atoms with Crippen LogP contribution in [0.25, 0.3) is 0 Å². The zero-order chi connectivity index (χ0) is 15.3. The molecule has 1 saturated carbocycles. The molecule has 0 aromatic rings. The van der Waals surface area contributed by atoms with Gasteiger partial charge in [-0.1, -0.05) is 19.3 Å². The van der Waals surface area contributed by atoms with Crippen molar-refractivity contribution in [2.75, 3.05) is 51.3 Å². The lowest BCUT2D eigenvalue weighted by atomic mass is 9.80. The molecule has 3 rings (SSSR count). The Hall–Kier alpha value is -0.420. The number of hydrogen-bond donors (Lipinski definition) is 1. The highest BCUT2D eigenvalue weighted by molar-refractivity contribution is 7.99. The zero-order valence-corrected chi connectivity index (χ0v) is 15.0. The fourth-order valence-electron chi connectivity index (χ4n) is 4.36. The van der Waals surface area contributed by atoms with Crippen molar-refractivity contribution in [2.24, 2.45) is 4.99 Å². The SMILES string of the molecule is CN=C(NCC1(N2CCSCC2)CCCCC1)N1CCCC1. The molecular weight excluding hydrogens is 292 g/mol. The summed E-state index contributed by atoms with van der Waals surface area (Å²) in [5.74, 6) is 3.75. The van der Waals surface area contributed by atoms with Gasteiger partial charge in [0.1, 0.15) is 0 Å². The van der Waals surface area contributed by atoms with E-state index in [2.05, 4.69) is 31.9 Å². The third kappa shape index (κ3) is 3.73. The number of guanidine groups is 1. The Bertz CT molecular complexity index is 367. The van der Waals surface area contributed by atoms with Crippen LogP contribution in [0, 0.1) is 0 Å². The quantitative estimate of drug-likeness (QED) is 0.638. The summed E-state index contributed by atoms with van der Waals surface area (Å²) >= 11 is 2.12. The third-order valence-corrected chi connectivity index (χ3v) is 6.60. The number of nitrogens with one attached hydrogen (secondary N) is 1. The Kier molecular flexibility index (Phi) is 5.91. The van der Waals surface area contributed by atoms with Crippen molar-refractivity contribution in [2.45, 2.75) is 50.5 Å². The van der Waals surface area contributed by atoms with Crippen LogP contribution in [-0.2, 0) is 0 Å². The number of rotatable bonds is 3. The maximum absolute atomic E-state index is 4.54. The summed E-state index contributed by atoms with van der Waals surface area (Å²) in [6.45, 7) is 5.98. The molecule has 3 aliphatic rings. The lowest BCUT2D eigenvalue weighted by molar-refractivity contribution is 0.0621. The largest absolute Gasteiger partial charge is 0.354 e. The van der Waals surface area contributed by atoms with Gasteiger partial charge in [0.2, 0.25) is 0 Å². The molecule has 0 aromatic heterocycles. The average molecular weight is 325 g/mol. The average Bonchev–Trinajstić information content (AvgIpc) is 3.12. The maximum atomic E-state index is 4.54. The van der Waals surface area contributed by atoms with E-state index < -0.39 is 0 Å². The van der Waals surface area contributed by atoms with Crippen LogP contribution < -0.4 is 5.32 Å². The first-order chi connectivity index (χ1) is 10.8. The Labute approximate surface area is 140 Å². The molecule has 2 saturated heterocycles. The number of nitrogens with zero attached hydrogens (tertiary/aromatic N) is 3. The van der Waals surface area contributed by atoms with Crippen molar-refractivity contribution >= 4 is 17.7 Å². The van der Waals surface area contributed by atoms with Gasteiger partial charge in [-0.15, -0.1) is 0 Å². The first kappa shape index (κ1) is 16.4. The van der Waals surface area contributed by atoms with E-state index in [9.17, 15) is 0 Å². The van der Waals surface area contributed by atoms with E-state index in [-0.39, 0.29) is 0 Å². The number of aliphatic imine (C=N–C) groups is 1. The number of thioether (sulfide) groups is 1. The minimum Gasteiger partial charge on any atom is -0.354 e. The van der Waals surface area contributed by atoms with Crippen molar-refractivity contribution in [1.82, 2.24) is 15.1 Å². The van der Waals surface area contributed by atoms with Gasteiger partial charge in [0, 0.05) is 56.8 Å². The summed E-state index contributed by atoms with van der Waals surface area (Å²) < 4.78 is 0. The van der Waals surface area contributed by atoms with Crippen LogP contribution in [0.2, 0.25) is 0 Å². The Morgan fingerprint density at radius 1 is 1.00 bits per heavy atom. The Morgan fingerprint density at radius 2 is 1.68 bits per heavy atom. The Morgan fingerprint density at radius 3 is 2.32 bits per heavy atom. The summed E-state index contributed by atoms with van der Waals surface area (Å²) in [7, 11) is 1.94. The fourth-order valence-corrected chi connectivity index (χ4v) is 5.26. The van der Waals surface area contributed by atoms with Gasteiger partial charge in [0.25, 0.3) is 0 Å². The Balaban J connectivity index is 1.64. The van der Waals surface area contributed by atoms with E-state index in [1.807, 2.05) is 7.05 Å². The first-order valence-electron chi connectivity index (χ1n) is 9.12. The highest BCUT2D eigenvalue weighted by Crippen LogP contribution is 2.34. The van der Waals surface area contributed by atoms with Gasteiger partial charge in [-0.05, 0) is 25.7 Å². The minimum absolute atomic E-state index is 0.384. The standard InChI is InChI=1S/C17H32N4S/c1-18-16(20-9-5-6-10-20)19-15-17(7-3-2-4-8-17)21-11-13-22-14-12-21/h2-15H2,1H3,(H,18,19). The van der Waals surface area contributed by atoms with Crippen molar-refractivity contribution < 1.29 is 0 Å². The van der Waals surface area contributed by atoms with Crippen LogP contribution in [0.4, 0.5) is 0 Å². The van der Waals surface area contributed by atoms with Gasteiger partial charge >= 0.3 is 0 Å². The maximum Gasteiger partial charge on any atom is 0.193 e. The second kappa shape index (κ2) is 7.91. The molecule has 2 heterocycles. The highest BCUT2D eigenvalue weighted by Gasteiger charge is 2.38. The fraction of sp³-hybridized carbons (Fsp3) is 0.941. The van der Waals surface area contributed by atoms with E-state index in [0.717, 1.165) is 12.5 Å². The molecule has 0 amide bonds. The molecule has 0 spiro atoms. The van der Waals surface area contributed by atoms with Crippen molar-refractivity contribution in [3.05, 3.63) is 0 Å². The van der Waals surface area contributed by atoms with E-state index in [4.69, 9.17) is 0 Å². The second-order valence-electron chi connectivity index (χ2n) is 6.98. The number of hydrogen-bond acceptors (Lipinski definition) is 3. The second-order valence-corrected chi connectivity index (χ2v) is 8.20. The molecule has 1 N–H and O–H groups in total. The molecule has 1 aliphatic carbocycles. The molecule has 126 valence electrons. The smallest absolute Gasteiger partial charge is 0.193 e. The normalized spacial score (nSPS) is 27.1. The molecule has 0 aromatic carbocycles.